The van der Waals surface area contributed by atoms with Crippen molar-refractivity contribution in [3.8, 4) is 0 Å². The molecule has 17 heavy (non-hydrogen) atoms. The Balaban J connectivity index is 2.59. The lowest BCUT2D eigenvalue weighted by Crippen LogP contribution is -2.27. The first kappa shape index (κ1) is 14.2. The number of nitrogens with two attached hydrogens (primary N) is 1. The number of methoxy groups -OCH3 is 1. The molecule has 0 radical (unpaired) electrons. The van der Waals surface area contributed by atoms with Crippen LogP contribution in [-0.4, -0.2) is 19.8 Å². The summed E-state index contributed by atoms with van der Waals surface area (Å²) in [5.74, 6) is 0.527. The van der Waals surface area contributed by atoms with Crippen molar-refractivity contribution in [1.82, 2.24) is 0 Å². The van der Waals surface area contributed by atoms with Crippen LogP contribution in [0.3, 0.4) is 0 Å². The summed E-state index contributed by atoms with van der Waals surface area (Å²) in [6.45, 7) is 7.30. The summed E-state index contributed by atoms with van der Waals surface area (Å²) in [4.78, 5) is 0. The summed E-state index contributed by atoms with van der Waals surface area (Å²) >= 11 is 0. The second-order valence-electron chi connectivity index (χ2n) is 5.13. The molecule has 0 aliphatic heterocycles. The second-order valence-corrected chi connectivity index (χ2v) is 5.13. The van der Waals surface area contributed by atoms with Crippen LogP contribution in [0.15, 0.2) is 18.2 Å². The molecule has 0 heterocycles. The Morgan fingerprint density at radius 3 is 2.35 bits per heavy atom. The average molecular weight is 235 g/mol. The zero-order valence-corrected chi connectivity index (χ0v) is 11.5. The highest BCUT2D eigenvalue weighted by Crippen LogP contribution is 2.17. The zero-order valence-electron chi connectivity index (χ0n) is 11.5. The highest BCUT2D eigenvalue weighted by molar-refractivity contribution is 5.34. The average Bonchev–Trinajstić information content (AvgIpc) is 2.24. The maximum Gasteiger partial charge on any atom is 0.0488 e. The smallest absolute Gasteiger partial charge is 0.0488 e. The lowest BCUT2D eigenvalue weighted by Gasteiger charge is -2.19. The zero-order chi connectivity index (χ0) is 12.8. The van der Waals surface area contributed by atoms with Crippen molar-refractivity contribution in [2.45, 2.75) is 39.7 Å². The van der Waals surface area contributed by atoms with E-state index in [0.717, 1.165) is 19.4 Å². The van der Waals surface area contributed by atoms with Crippen molar-refractivity contribution in [3.05, 3.63) is 34.9 Å². The van der Waals surface area contributed by atoms with Crippen LogP contribution in [0.1, 0.15) is 30.0 Å². The van der Waals surface area contributed by atoms with Gasteiger partial charge in [0.05, 0.1) is 0 Å². The molecule has 0 bridgehead atoms. The standard InChI is InChI=1S/C15H25NO/c1-11(10-17-4)8-14(16)9-15-12(2)6-5-7-13(15)3/h5-7,11,14H,8-10,16H2,1-4H3. The van der Waals surface area contributed by atoms with Gasteiger partial charge in [0, 0.05) is 19.8 Å². The van der Waals surface area contributed by atoms with Crippen molar-refractivity contribution in [1.29, 1.82) is 0 Å². The van der Waals surface area contributed by atoms with Gasteiger partial charge in [-0.05, 0) is 49.3 Å². The minimum atomic E-state index is 0.222. The maximum absolute atomic E-state index is 6.22. The summed E-state index contributed by atoms with van der Waals surface area (Å²) in [6.07, 6.45) is 1.98. The number of rotatable bonds is 6. The second kappa shape index (κ2) is 6.77. The van der Waals surface area contributed by atoms with Gasteiger partial charge in [-0.15, -0.1) is 0 Å². The molecule has 1 aromatic rings. The lowest BCUT2D eigenvalue weighted by molar-refractivity contribution is 0.152. The molecule has 0 aliphatic rings. The van der Waals surface area contributed by atoms with Crippen LogP contribution >= 0.6 is 0 Å². The third-order valence-electron chi connectivity index (χ3n) is 3.27. The number of hydrogen-bond acceptors (Lipinski definition) is 2. The molecule has 1 aromatic carbocycles. The molecule has 2 N–H and O–H groups in total. The van der Waals surface area contributed by atoms with E-state index >= 15 is 0 Å². The van der Waals surface area contributed by atoms with E-state index in [2.05, 4.69) is 39.0 Å². The van der Waals surface area contributed by atoms with Gasteiger partial charge in [0.1, 0.15) is 0 Å². The quantitative estimate of drug-likeness (QED) is 0.823. The van der Waals surface area contributed by atoms with E-state index in [4.69, 9.17) is 10.5 Å². The molecule has 96 valence electrons. The summed E-state index contributed by atoms with van der Waals surface area (Å²) < 4.78 is 5.15. The molecule has 2 atom stereocenters. The lowest BCUT2D eigenvalue weighted by atomic mass is 9.92. The SMILES string of the molecule is COCC(C)CC(N)Cc1c(C)cccc1C. The van der Waals surface area contributed by atoms with E-state index in [0.29, 0.717) is 5.92 Å². The fourth-order valence-electron chi connectivity index (χ4n) is 2.39. The first-order valence-corrected chi connectivity index (χ1v) is 6.34. The Bertz CT molecular complexity index is 329. The van der Waals surface area contributed by atoms with Gasteiger partial charge < -0.3 is 10.5 Å². The van der Waals surface area contributed by atoms with Crippen LogP contribution < -0.4 is 5.73 Å². The molecule has 2 heteroatoms. The van der Waals surface area contributed by atoms with Crippen molar-refractivity contribution in [2.75, 3.05) is 13.7 Å². The molecular weight excluding hydrogens is 210 g/mol. The van der Waals surface area contributed by atoms with Crippen molar-refractivity contribution >= 4 is 0 Å². The number of ether oxygens (including phenoxy) is 1. The summed E-state index contributed by atoms with van der Waals surface area (Å²) in [7, 11) is 1.74. The number of aryl methyl sites for hydroxylation is 2. The van der Waals surface area contributed by atoms with Gasteiger partial charge in [0.25, 0.3) is 0 Å². The molecule has 0 aliphatic carbocycles. The Morgan fingerprint density at radius 2 is 1.82 bits per heavy atom. The van der Waals surface area contributed by atoms with Crippen LogP contribution in [0.4, 0.5) is 0 Å². The molecule has 0 saturated carbocycles. The third kappa shape index (κ3) is 4.49. The molecule has 0 aromatic heterocycles. The minimum Gasteiger partial charge on any atom is -0.384 e. The van der Waals surface area contributed by atoms with Crippen molar-refractivity contribution < 1.29 is 4.74 Å². The summed E-state index contributed by atoms with van der Waals surface area (Å²) in [5.41, 5.74) is 10.3. The normalized spacial score (nSPS) is 14.6. The van der Waals surface area contributed by atoms with Crippen LogP contribution in [0, 0.1) is 19.8 Å². The first-order valence-electron chi connectivity index (χ1n) is 6.34. The first-order chi connectivity index (χ1) is 8.04. The topological polar surface area (TPSA) is 35.2 Å². The van der Waals surface area contributed by atoms with Gasteiger partial charge in [-0.2, -0.15) is 0 Å². The Morgan fingerprint density at radius 1 is 1.24 bits per heavy atom. The highest BCUT2D eigenvalue weighted by atomic mass is 16.5. The summed E-state index contributed by atoms with van der Waals surface area (Å²) in [5, 5.41) is 0. The Labute approximate surface area is 105 Å². The van der Waals surface area contributed by atoms with Crippen LogP contribution in [0.25, 0.3) is 0 Å². The maximum atomic E-state index is 6.22. The van der Waals surface area contributed by atoms with E-state index in [9.17, 15) is 0 Å². The largest absolute Gasteiger partial charge is 0.384 e. The van der Waals surface area contributed by atoms with E-state index in [1.807, 2.05) is 0 Å². The third-order valence-corrected chi connectivity index (χ3v) is 3.27. The molecule has 1 rings (SSSR count). The molecular formula is C15H25NO. The van der Waals surface area contributed by atoms with Crippen LogP contribution in [0.2, 0.25) is 0 Å². The molecule has 2 nitrogen and oxygen atoms in total. The monoisotopic (exact) mass is 235 g/mol. The molecule has 0 amide bonds. The fraction of sp³-hybridized carbons (Fsp3) is 0.600. The van der Waals surface area contributed by atoms with Crippen molar-refractivity contribution in [3.63, 3.8) is 0 Å². The predicted molar refractivity (Wildman–Crippen MR) is 73.3 cm³/mol. The molecule has 0 fully saturated rings. The Hall–Kier alpha value is -0.860. The van der Waals surface area contributed by atoms with E-state index in [1.165, 1.54) is 16.7 Å². The summed E-state index contributed by atoms with van der Waals surface area (Å²) in [6, 6.07) is 6.65. The molecule has 2 unspecified atom stereocenters. The van der Waals surface area contributed by atoms with Crippen LogP contribution in [-0.2, 0) is 11.2 Å². The van der Waals surface area contributed by atoms with E-state index in [1.54, 1.807) is 7.11 Å². The Kier molecular flexibility index (Phi) is 5.66. The number of benzene rings is 1. The highest BCUT2D eigenvalue weighted by Gasteiger charge is 2.12. The van der Waals surface area contributed by atoms with Crippen LogP contribution in [0.5, 0.6) is 0 Å². The van der Waals surface area contributed by atoms with E-state index in [-0.39, 0.29) is 6.04 Å². The number of hydrogen-bond donors (Lipinski definition) is 1. The van der Waals surface area contributed by atoms with Gasteiger partial charge in [0.2, 0.25) is 0 Å². The predicted octanol–water partition coefficient (Wildman–Crippen LogP) is 2.85. The van der Waals surface area contributed by atoms with Gasteiger partial charge in [-0.3, -0.25) is 0 Å². The van der Waals surface area contributed by atoms with Gasteiger partial charge in [0.15, 0.2) is 0 Å². The van der Waals surface area contributed by atoms with Gasteiger partial charge in [-0.1, -0.05) is 25.1 Å². The molecule has 0 saturated heterocycles. The van der Waals surface area contributed by atoms with Gasteiger partial charge >= 0.3 is 0 Å². The molecule has 0 spiro atoms. The van der Waals surface area contributed by atoms with E-state index < -0.39 is 0 Å². The van der Waals surface area contributed by atoms with Crippen molar-refractivity contribution in [2.24, 2.45) is 11.7 Å². The fourth-order valence-corrected chi connectivity index (χ4v) is 2.39. The van der Waals surface area contributed by atoms with Gasteiger partial charge in [-0.25, -0.2) is 0 Å². The minimum absolute atomic E-state index is 0.222.